The first-order valence-electron chi connectivity index (χ1n) is 7.36. The van der Waals surface area contributed by atoms with E-state index in [4.69, 9.17) is 4.74 Å². The molecule has 0 saturated carbocycles. The number of hydrogen-bond donors (Lipinski definition) is 1. The summed E-state index contributed by atoms with van der Waals surface area (Å²) in [6.45, 7) is -0.493. The summed E-state index contributed by atoms with van der Waals surface area (Å²) >= 11 is 1.40. The van der Waals surface area contributed by atoms with Gasteiger partial charge in [-0.1, -0.05) is 12.1 Å². The van der Waals surface area contributed by atoms with Gasteiger partial charge in [-0.2, -0.15) is 0 Å². The largest absolute Gasteiger partial charge is 0.451 e. The van der Waals surface area contributed by atoms with Crippen LogP contribution in [0.5, 0.6) is 0 Å². The van der Waals surface area contributed by atoms with Crippen LogP contribution < -0.4 is 5.32 Å². The van der Waals surface area contributed by atoms with Crippen molar-refractivity contribution in [1.29, 1.82) is 0 Å². The van der Waals surface area contributed by atoms with E-state index in [2.05, 4.69) is 5.32 Å². The fourth-order valence-corrected chi connectivity index (χ4v) is 3.70. The van der Waals surface area contributed by atoms with Crippen molar-refractivity contribution in [1.82, 2.24) is 0 Å². The van der Waals surface area contributed by atoms with E-state index in [1.54, 1.807) is 6.07 Å². The topological polar surface area (TPSA) is 98.5 Å². The lowest BCUT2D eigenvalue weighted by atomic mass is 10.2. The minimum absolute atomic E-state index is 0.0682. The molecule has 0 spiro atoms. The third-order valence-electron chi connectivity index (χ3n) is 3.66. The molecule has 1 aliphatic carbocycles. The second kappa shape index (κ2) is 6.79. The molecule has 1 heterocycles. The first-order valence-corrected chi connectivity index (χ1v) is 8.18. The number of benzene rings is 1. The number of carbonyl (C=O) groups is 2. The number of thiophene rings is 1. The van der Waals surface area contributed by atoms with Gasteiger partial charge in [-0.15, -0.1) is 11.3 Å². The molecule has 1 N–H and O–H groups in total. The molecule has 1 aromatic heterocycles. The van der Waals surface area contributed by atoms with Crippen molar-refractivity contribution < 1.29 is 19.2 Å². The molecule has 1 amide bonds. The van der Waals surface area contributed by atoms with E-state index in [-0.39, 0.29) is 11.4 Å². The minimum atomic E-state index is -0.623. The molecule has 3 rings (SSSR count). The maximum Gasteiger partial charge on any atom is 0.348 e. The Balaban J connectivity index is 1.57. The molecule has 0 saturated heterocycles. The van der Waals surface area contributed by atoms with Crippen molar-refractivity contribution in [2.45, 2.75) is 19.3 Å². The Hall–Kier alpha value is -2.74. The van der Waals surface area contributed by atoms with Crippen LogP contribution in [0.4, 0.5) is 11.4 Å². The Labute approximate surface area is 141 Å². The highest BCUT2D eigenvalue weighted by molar-refractivity contribution is 7.14. The average molecular weight is 346 g/mol. The van der Waals surface area contributed by atoms with E-state index >= 15 is 0 Å². The summed E-state index contributed by atoms with van der Waals surface area (Å²) in [6.07, 6.45) is 3.05. The summed E-state index contributed by atoms with van der Waals surface area (Å²) in [5.74, 6) is -1.17. The Morgan fingerprint density at radius 1 is 1.29 bits per heavy atom. The second-order valence-corrected chi connectivity index (χ2v) is 6.45. The summed E-state index contributed by atoms with van der Waals surface area (Å²) in [5, 5.41) is 13.3. The molecular formula is C16H14N2O5S. The van der Waals surface area contributed by atoms with Crippen LogP contribution in [0.15, 0.2) is 30.3 Å². The number of nitrogens with one attached hydrogen (secondary N) is 1. The number of esters is 1. The van der Waals surface area contributed by atoms with Gasteiger partial charge in [-0.05, 0) is 37.0 Å². The number of rotatable bonds is 5. The fourth-order valence-electron chi connectivity index (χ4n) is 2.56. The van der Waals surface area contributed by atoms with Crippen LogP contribution in [0.3, 0.4) is 0 Å². The molecule has 0 radical (unpaired) electrons. The molecule has 0 unspecified atom stereocenters. The first kappa shape index (κ1) is 16.1. The number of anilines is 1. The number of nitro groups is 1. The van der Waals surface area contributed by atoms with E-state index in [0.717, 1.165) is 19.3 Å². The third-order valence-corrected chi connectivity index (χ3v) is 4.87. The minimum Gasteiger partial charge on any atom is -0.451 e. The summed E-state index contributed by atoms with van der Waals surface area (Å²) in [7, 11) is 0. The van der Waals surface area contributed by atoms with E-state index in [9.17, 15) is 19.7 Å². The van der Waals surface area contributed by atoms with E-state index in [0.29, 0.717) is 4.88 Å². The number of hydrogen-bond acceptors (Lipinski definition) is 6. The van der Waals surface area contributed by atoms with Crippen molar-refractivity contribution >= 4 is 34.6 Å². The van der Waals surface area contributed by atoms with Crippen molar-refractivity contribution in [2.24, 2.45) is 0 Å². The number of aryl methyl sites for hydroxylation is 2. The van der Waals surface area contributed by atoms with E-state index < -0.39 is 23.4 Å². The second-order valence-electron chi connectivity index (χ2n) is 5.31. The van der Waals surface area contributed by atoms with Crippen LogP contribution in [0.2, 0.25) is 0 Å². The fraction of sp³-hybridized carbons (Fsp3) is 0.250. The molecule has 8 heteroatoms. The highest BCUT2D eigenvalue weighted by Crippen LogP contribution is 2.31. The molecule has 2 aromatic rings. The number of nitro benzene ring substituents is 1. The Kier molecular flexibility index (Phi) is 4.57. The van der Waals surface area contributed by atoms with Gasteiger partial charge in [0.1, 0.15) is 10.6 Å². The van der Waals surface area contributed by atoms with E-state index in [1.165, 1.54) is 40.0 Å². The molecule has 1 aliphatic rings. The zero-order valence-electron chi connectivity index (χ0n) is 12.6. The average Bonchev–Trinajstić information content (AvgIpc) is 3.14. The van der Waals surface area contributed by atoms with Gasteiger partial charge in [0, 0.05) is 10.9 Å². The highest BCUT2D eigenvalue weighted by Gasteiger charge is 2.20. The van der Waals surface area contributed by atoms with Crippen molar-refractivity contribution in [3.63, 3.8) is 0 Å². The predicted octanol–water partition coefficient (Wildman–Crippen LogP) is 2.94. The van der Waals surface area contributed by atoms with Gasteiger partial charge in [0.05, 0.1) is 4.92 Å². The molecule has 0 bridgehead atoms. The van der Waals surface area contributed by atoms with Gasteiger partial charge in [-0.3, -0.25) is 14.9 Å². The number of fused-ring (bicyclic) bond motifs is 1. The quantitative estimate of drug-likeness (QED) is 0.510. The van der Waals surface area contributed by atoms with Crippen LogP contribution in [0.25, 0.3) is 0 Å². The Morgan fingerprint density at radius 2 is 2.08 bits per heavy atom. The molecule has 0 fully saturated rings. The molecule has 24 heavy (non-hydrogen) atoms. The van der Waals surface area contributed by atoms with Gasteiger partial charge in [0.2, 0.25) is 0 Å². The summed E-state index contributed by atoms with van der Waals surface area (Å²) in [6, 6.07) is 7.59. The Morgan fingerprint density at radius 3 is 2.83 bits per heavy atom. The number of nitrogens with zero attached hydrogens (tertiary/aromatic N) is 1. The number of amides is 1. The van der Waals surface area contributed by atoms with Crippen LogP contribution in [0.1, 0.15) is 26.5 Å². The lowest BCUT2D eigenvalue weighted by Gasteiger charge is -2.06. The maximum atomic E-state index is 12.0. The number of carbonyl (C=O) groups excluding carboxylic acids is 2. The molecule has 124 valence electrons. The molecule has 7 nitrogen and oxygen atoms in total. The predicted molar refractivity (Wildman–Crippen MR) is 88.4 cm³/mol. The summed E-state index contributed by atoms with van der Waals surface area (Å²) in [4.78, 5) is 35.8. The maximum absolute atomic E-state index is 12.0. The van der Waals surface area contributed by atoms with Crippen LogP contribution >= 0.6 is 11.3 Å². The normalized spacial score (nSPS) is 12.5. The lowest BCUT2D eigenvalue weighted by molar-refractivity contribution is -0.383. The first-order chi connectivity index (χ1) is 11.5. The van der Waals surface area contributed by atoms with Crippen molar-refractivity contribution in [3.05, 3.63) is 55.8 Å². The number of para-hydroxylation sites is 2. The van der Waals surface area contributed by atoms with Crippen LogP contribution in [0, 0.1) is 10.1 Å². The monoisotopic (exact) mass is 346 g/mol. The standard InChI is InChI=1S/C16H14N2O5S/c19-15(17-11-5-1-2-6-12(11)18(21)22)9-23-16(20)14-8-10-4-3-7-13(10)24-14/h1-2,5-6,8H,3-4,7,9H2,(H,17,19). The van der Waals surface area contributed by atoms with Gasteiger partial charge in [0.25, 0.3) is 11.6 Å². The van der Waals surface area contributed by atoms with Crippen molar-refractivity contribution in [3.8, 4) is 0 Å². The highest BCUT2D eigenvalue weighted by atomic mass is 32.1. The summed E-state index contributed by atoms with van der Waals surface area (Å²) < 4.78 is 4.99. The SMILES string of the molecule is O=C(COC(=O)c1cc2c(s1)CCC2)Nc1ccccc1[N+](=O)[O-]. The van der Waals surface area contributed by atoms with Crippen molar-refractivity contribution in [2.75, 3.05) is 11.9 Å². The number of ether oxygens (including phenoxy) is 1. The van der Waals surface area contributed by atoms with Gasteiger partial charge >= 0.3 is 5.97 Å². The van der Waals surface area contributed by atoms with Gasteiger partial charge in [0.15, 0.2) is 6.61 Å². The Bertz CT molecular complexity index is 793. The lowest BCUT2D eigenvalue weighted by Crippen LogP contribution is -2.21. The molecule has 0 atom stereocenters. The zero-order valence-corrected chi connectivity index (χ0v) is 13.4. The van der Waals surface area contributed by atoms with Gasteiger partial charge in [-0.25, -0.2) is 4.79 Å². The molecule has 1 aromatic carbocycles. The smallest absolute Gasteiger partial charge is 0.348 e. The van der Waals surface area contributed by atoms with Crippen LogP contribution in [-0.4, -0.2) is 23.4 Å². The third kappa shape index (κ3) is 3.43. The van der Waals surface area contributed by atoms with E-state index in [1.807, 2.05) is 6.07 Å². The summed E-state index contributed by atoms with van der Waals surface area (Å²) in [5.41, 5.74) is 1.03. The van der Waals surface area contributed by atoms with Crippen LogP contribution in [-0.2, 0) is 22.4 Å². The van der Waals surface area contributed by atoms with Gasteiger partial charge < -0.3 is 10.1 Å². The zero-order chi connectivity index (χ0) is 17.1. The molecule has 0 aliphatic heterocycles. The molecular weight excluding hydrogens is 332 g/mol.